The molecule has 5 nitrogen and oxygen atoms in total. The third kappa shape index (κ3) is 3.87. The minimum atomic E-state index is -0.0393. The van der Waals surface area contributed by atoms with Crippen molar-refractivity contribution < 1.29 is 4.79 Å². The second-order valence-corrected chi connectivity index (χ2v) is 5.72. The van der Waals surface area contributed by atoms with Crippen molar-refractivity contribution in [2.24, 2.45) is 0 Å². The average molecular weight is 320 g/mol. The van der Waals surface area contributed by atoms with Crippen LogP contribution in [0.1, 0.15) is 23.9 Å². The molecular formula is C19H20N4O. The zero-order valence-electron chi connectivity index (χ0n) is 13.8. The number of anilines is 1. The number of aromatic nitrogens is 3. The Morgan fingerprint density at radius 1 is 1.12 bits per heavy atom. The van der Waals surface area contributed by atoms with E-state index in [1.54, 1.807) is 0 Å². The molecule has 0 aliphatic heterocycles. The first-order valence-electron chi connectivity index (χ1n) is 8.01. The number of carbonyl (C=O) groups is 1. The van der Waals surface area contributed by atoms with E-state index in [0.29, 0.717) is 12.2 Å². The number of nitrogens with zero attached hydrogens (tertiary/aromatic N) is 2. The Labute approximate surface area is 141 Å². The number of hydrogen-bond donors (Lipinski definition) is 2. The zero-order chi connectivity index (χ0) is 16.9. The lowest BCUT2D eigenvalue weighted by Crippen LogP contribution is -2.14. The largest absolute Gasteiger partial charge is 0.326 e. The van der Waals surface area contributed by atoms with Crippen LogP contribution in [0.15, 0.2) is 48.5 Å². The van der Waals surface area contributed by atoms with Crippen LogP contribution in [0.5, 0.6) is 0 Å². The molecule has 1 amide bonds. The molecule has 0 fully saturated rings. The van der Waals surface area contributed by atoms with Gasteiger partial charge in [0, 0.05) is 11.3 Å². The van der Waals surface area contributed by atoms with Gasteiger partial charge in [-0.15, -0.1) is 0 Å². The van der Waals surface area contributed by atoms with Crippen molar-refractivity contribution in [2.45, 2.75) is 26.7 Å². The van der Waals surface area contributed by atoms with E-state index in [1.807, 2.05) is 43.3 Å². The molecule has 0 bridgehead atoms. The van der Waals surface area contributed by atoms with E-state index in [4.69, 9.17) is 0 Å². The molecule has 5 heteroatoms. The second-order valence-electron chi connectivity index (χ2n) is 5.72. The van der Waals surface area contributed by atoms with E-state index in [9.17, 15) is 4.79 Å². The van der Waals surface area contributed by atoms with Gasteiger partial charge in [0.25, 0.3) is 0 Å². The van der Waals surface area contributed by atoms with Crippen molar-refractivity contribution in [1.82, 2.24) is 15.2 Å². The molecule has 0 saturated heterocycles. The number of hydrogen-bond acceptors (Lipinski definition) is 3. The lowest BCUT2D eigenvalue weighted by Gasteiger charge is -2.07. The fourth-order valence-corrected chi connectivity index (χ4v) is 2.49. The minimum Gasteiger partial charge on any atom is -0.326 e. The van der Waals surface area contributed by atoms with E-state index in [-0.39, 0.29) is 5.91 Å². The van der Waals surface area contributed by atoms with Crippen LogP contribution in [0.25, 0.3) is 11.4 Å². The SMILES string of the molecule is CCc1ccc(CC(=O)Nc2cccc(-c3n[nH]c(C)n3)c2)cc1. The van der Waals surface area contributed by atoms with Gasteiger partial charge in [-0.1, -0.05) is 43.3 Å². The normalized spacial score (nSPS) is 10.6. The molecular weight excluding hydrogens is 300 g/mol. The number of carbonyl (C=O) groups excluding carboxylic acids is 1. The Hall–Kier alpha value is -2.95. The first-order chi connectivity index (χ1) is 11.6. The van der Waals surface area contributed by atoms with Crippen molar-refractivity contribution in [3.63, 3.8) is 0 Å². The third-order valence-electron chi connectivity index (χ3n) is 3.80. The Morgan fingerprint density at radius 2 is 1.88 bits per heavy atom. The fourth-order valence-electron chi connectivity index (χ4n) is 2.49. The highest BCUT2D eigenvalue weighted by Crippen LogP contribution is 2.19. The van der Waals surface area contributed by atoms with Crippen molar-refractivity contribution in [3.05, 3.63) is 65.5 Å². The van der Waals surface area contributed by atoms with Crippen LogP contribution in [-0.2, 0) is 17.6 Å². The summed E-state index contributed by atoms with van der Waals surface area (Å²) in [6, 6.07) is 15.7. The quantitative estimate of drug-likeness (QED) is 0.755. The number of nitrogens with one attached hydrogen (secondary N) is 2. The molecule has 0 saturated carbocycles. The van der Waals surface area contributed by atoms with Gasteiger partial charge >= 0.3 is 0 Å². The van der Waals surface area contributed by atoms with Crippen molar-refractivity contribution in [3.8, 4) is 11.4 Å². The summed E-state index contributed by atoms with van der Waals surface area (Å²) >= 11 is 0. The number of aromatic amines is 1. The van der Waals surface area contributed by atoms with Gasteiger partial charge in [0.1, 0.15) is 5.82 Å². The van der Waals surface area contributed by atoms with Gasteiger partial charge in [-0.25, -0.2) is 4.98 Å². The van der Waals surface area contributed by atoms with Crippen molar-refractivity contribution >= 4 is 11.6 Å². The van der Waals surface area contributed by atoms with Crippen LogP contribution in [0.4, 0.5) is 5.69 Å². The molecule has 2 aromatic carbocycles. The highest BCUT2D eigenvalue weighted by molar-refractivity contribution is 5.92. The minimum absolute atomic E-state index is 0.0393. The van der Waals surface area contributed by atoms with Crippen molar-refractivity contribution in [2.75, 3.05) is 5.32 Å². The van der Waals surface area contributed by atoms with Crippen LogP contribution >= 0.6 is 0 Å². The molecule has 1 heterocycles. The summed E-state index contributed by atoms with van der Waals surface area (Å²) in [4.78, 5) is 16.5. The third-order valence-corrected chi connectivity index (χ3v) is 3.80. The average Bonchev–Trinajstić information content (AvgIpc) is 3.02. The van der Waals surface area contributed by atoms with Crippen LogP contribution in [-0.4, -0.2) is 21.1 Å². The molecule has 0 atom stereocenters. The summed E-state index contributed by atoms with van der Waals surface area (Å²) in [5.74, 6) is 1.34. The Kier molecular flexibility index (Phi) is 4.70. The van der Waals surface area contributed by atoms with E-state index < -0.39 is 0 Å². The monoisotopic (exact) mass is 320 g/mol. The van der Waals surface area contributed by atoms with Gasteiger partial charge in [0.05, 0.1) is 6.42 Å². The highest BCUT2D eigenvalue weighted by atomic mass is 16.1. The fraction of sp³-hybridized carbons (Fsp3) is 0.211. The zero-order valence-corrected chi connectivity index (χ0v) is 13.8. The van der Waals surface area contributed by atoms with Crippen molar-refractivity contribution in [1.29, 1.82) is 0 Å². The van der Waals surface area contributed by atoms with Gasteiger partial charge in [0.15, 0.2) is 5.82 Å². The Bertz CT molecular complexity index is 837. The maximum absolute atomic E-state index is 12.2. The predicted molar refractivity (Wildman–Crippen MR) is 94.7 cm³/mol. The topological polar surface area (TPSA) is 70.7 Å². The predicted octanol–water partition coefficient (Wildman–Crippen LogP) is 3.52. The summed E-state index contributed by atoms with van der Waals surface area (Å²) in [7, 11) is 0. The standard InChI is InChI=1S/C19H20N4O/c1-3-14-7-9-15(10-8-14)11-18(24)21-17-6-4-5-16(12-17)19-20-13(2)22-23-19/h4-10,12H,3,11H2,1-2H3,(H,21,24)(H,20,22,23). The van der Waals surface area contributed by atoms with Gasteiger partial charge < -0.3 is 5.32 Å². The molecule has 24 heavy (non-hydrogen) atoms. The van der Waals surface area contributed by atoms with E-state index in [0.717, 1.165) is 29.1 Å². The van der Waals surface area contributed by atoms with Gasteiger partial charge in [0.2, 0.25) is 5.91 Å². The highest BCUT2D eigenvalue weighted by Gasteiger charge is 2.07. The van der Waals surface area contributed by atoms with Gasteiger partial charge in [-0.05, 0) is 36.6 Å². The van der Waals surface area contributed by atoms with Gasteiger partial charge in [-0.3, -0.25) is 9.89 Å². The summed E-state index contributed by atoms with van der Waals surface area (Å²) in [6.07, 6.45) is 1.36. The summed E-state index contributed by atoms with van der Waals surface area (Å²) < 4.78 is 0. The number of aryl methyl sites for hydroxylation is 2. The second kappa shape index (κ2) is 7.08. The molecule has 0 radical (unpaired) electrons. The summed E-state index contributed by atoms with van der Waals surface area (Å²) in [6.45, 7) is 3.97. The van der Waals surface area contributed by atoms with E-state index >= 15 is 0 Å². The lowest BCUT2D eigenvalue weighted by molar-refractivity contribution is -0.115. The molecule has 2 N–H and O–H groups in total. The van der Waals surface area contributed by atoms with Crippen LogP contribution in [0.3, 0.4) is 0 Å². The Balaban J connectivity index is 1.67. The molecule has 0 aliphatic carbocycles. The molecule has 3 rings (SSSR count). The summed E-state index contributed by atoms with van der Waals surface area (Å²) in [5.41, 5.74) is 3.88. The Morgan fingerprint density at radius 3 is 2.54 bits per heavy atom. The van der Waals surface area contributed by atoms with Gasteiger partial charge in [-0.2, -0.15) is 5.10 Å². The number of rotatable bonds is 5. The molecule has 3 aromatic rings. The number of benzene rings is 2. The molecule has 1 aromatic heterocycles. The summed E-state index contributed by atoms with van der Waals surface area (Å²) in [5, 5.41) is 9.89. The van der Waals surface area contributed by atoms with E-state index in [1.165, 1.54) is 5.56 Å². The maximum atomic E-state index is 12.2. The maximum Gasteiger partial charge on any atom is 0.228 e. The number of H-pyrrole nitrogens is 1. The molecule has 0 unspecified atom stereocenters. The lowest BCUT2D eigenvalue weighted by atomic mass is 10.1. The van der Waals surface area contributed by atoms with Crippen LogP contribution < -0.4 is 5.32 Å². The molecule has 0 spiro atoms. The first kappa shape index (κ1) is 15.9. The smallest absolute Gasteiger partial charge is 0.228 e. The molecule has 0 aliphatic rings. The first-order valence-corrected chi connectivity index (χ1v) is 8.01. The van der Waals surface area contributed by atoms with Crippen LogP contribution in [0.2, 0.25) is 0 Å². The molecule has 122 valence electrons. The van der Waals surface area contributed by atoms with E-state index in [2.05, 4.69) is 39.6 Å². The number of amides is 1. The van der Waals surface area contributed by atoms with Crippen LogP contribution in [0, 0.1) is 6.92 Å².